The fourth-order valence-electron chi connectivity index (χ4n) is 1.18. The first kappa shape index (κ1) is 14.7. The number of hydrogen-bond donors (Lipinski definition) is 1. The van der Waals surface area contributed by atoms with Crippen LogP contribution in [0.15, 0.2) is 24.3 Å². The Morgan fingerprint density at radius 3 is 1.61 bits per heavy atom. The van der Waals surface area contributed by atoms with Gasteiger partial charge in [-0.25, -0.2) is 0 Å². The average Bonchev–Trinajstić information content (AvgIpc) is 2.27. The van der Waals surface area contributed by atoms with Crippen molar-refractivity contribution in [2.75, 3.05) is 0 Å². The van der Waals surface area contributed by atoms with Crippen molar-refractivity contribution in [1.29, 1.82) is 0 Å². The van der Waals surface area contributed by atoms with Crippen molar-refractivity contribution in [1.82, 2.24) is 0 Å². The summed E-state index contributed by atoms with van der Waals surface area (Å²) in [6, 6.07) is 2.53. The Labute approximate surface area is 96.8 Å². The highest BCUT2D eigenvalue weighted by Gasteiger charge is 2.73. The Kier molecular flexibility index (Phi) is 3.62. The lowest BCUT2D eigenvalue weighted by atomic mass is 10.0. The van der Waals surface area contributed by atoms with E-state index in [1.165, 1.54) is 0 Å². The molecule has 0 aliphatic carbocycles. The molecular formula is C10H7F7O. The summed E-state index contributed by atoms with van der Waals surface area (Å²) in [4.78, 5) is 0. The molecule has 8 heteroatoms. The second-order valence-corrected chi connectivity index (χ2v) is 3.50. The molecular weight excluding hydrogens is 269 g/mol. The van der Waals surface area contributed by atoms with Crippen LogP contribution in [-0.2, 0) is 12.5 Å². The molecule has 0 atom stereocenters. The second kappa shape index (κ2) is 4.42. The first-order chi connectivity index (χ1) is 8.04. The number of benzene rings is 1. The Morgan fingerprint density at radius 2 is 1.28 bits per heavy atom. The maximum atomic E-state index is 13.1. The number of halogens is 7. The van der Waals surface area contributed by atoms with Gasteiger partial charge in [-0.15, -0.1) is 0 Å². The minimum atomic E-state index is -6.36. The number of rotatable bonds is 3. The molecule has 102 valence electrons. The van der Waals surface area contributed by atoms with Crippen molar-refractivity contribution < 1.29 is 35.8 Å². The van der Waals surface area contributed by atoms with Crippen molar-refractivity contribution in [3.05, 3.63) is 35.4 Å². The van der Waals surface area contributed by atoms with Gasteiger partial charge in [0.15, 0.2) is 0 Å². The van der Waals surface area contributed by atoms with Gasteiger partial charge < -0.3 is 5.11 Å². The first-order valence-electron chi connectivity index (χ1n) is 4.56. The quantitative estimate of drug-likeness (QED) is 0.838. The van der Waals surface area contributed by atoms with Gasteiger partial charge in [-0.1, -0.05) is 24.3 Å². The highest BCUT2D eigenvalue weighted by molar-refractivity contribution is 5.27. The van der Waals surface area contributed by atoms with Gasteiger partial charge in [-0.2, -0.15) is 30.7 Å². The Balaban J connectivity index is 3.19. The average molecular weight is 276 g/mol. The molecule has 1 nitrogen and oxygen atoms in total. The van der Waals surface area contributed by atoms with E-state index in [-0.39, 0.29) is 5.56 Å². The zero-order chi connectivity index (χ0) is 14.2. The van der Waals surface area contributed by atoms with E-state index in [1.54, 1.807) is 0 Å². The van der Waals surface area contributed by atoms with Gasteiger partial charge in [0, 0.05) is 5.56 Å². The zero-order valence-corrected chi connectivity index (χ0v) is 8.61. The molecule has 0 saturated carbocycles. The molecule has 0 unspecified atom stereocenters. The highest BCUT2D eigenvalue weighted by Crippen LogP contribution is 2.51. The van der Waals surface area contributed by atoms with Gasteiger partial charge >= 0.3 is 18.0 Å². The zero-order valence-electron chi connectivity index (χ0n) is 8.61. The fraction of sp³-hybridized carbons (Fsp3) is 0.400. The number of aliphatic hydroxyl groups excluding tert-OH is 1. The monoisotopic (exact) mass is 276 g/mol. The molecule has 0 aromatic heterocycles. The van der Waals surface area contributed by atoms with Crippen LogP contribution in [-0.4, -0.2) is 17.2 Å². The summed E-state index contributed by atoms with van der Waals surface area (Å²) in [6.45, 7) is -0.540. The van der Waals surface area contributed by atoms with Crippen LogP contribution >= 0.6 is 0 Å². The third kappa shape index (κ3) is 2.29. The van der Waals surface area contributed by atoms with Gasteiger partial charge in [0.05, 0.1) is 6.61 Å². The molecule has 0 fully saturated rings. The third-order valence-electron chi connectivity index (χ3n) is 2.25. The Bertz CT molecular complexity index is 407. The molecule has 0 aliphatic heterocycles. The lowest BCUT2D eigenvalue weighted by Gasteiger charge is -2.28. The predicted molar refractivity (Wildman–Crippen MR) is 47.3 cm³/mol. The van der Waals surface area contributed by atoms with E-state index in [9.17, 15) is 30.7 Å². The van der Waals surface area contributed by atoms with Crippen molar-refractivity contribution in [2.45, 2.75) is 24.6 Å². The normalized spacial score (nSPS) is 13.8. The van der Waals surface area contributed by atoms with Gasteiger partial charge in [0.25, 0.3) is 0 Å². The van der Waals surface area contributed by atoms with Gasteiger partial charge in [0.2, 0.25) is 0 Å². The molecule has 1 N–H and O–H groups in total. The predicted octanol–water partition coefficient (Wildman–Crippen LogP) is 3.47. The van der Waals surface area contributed by atoms with Crippen LogP contribution in [0.3, 0.4) is 0 Å². The minimum absolute atomic E-state index is 0.116. The van der Waals surface area contributed by atoms with E-state index < -0.39 is 30.2 Å². The van der Waals surface area contributed by atoms with Crippen LogP contribution in [0.4, 0.5) is 30.7 Å². The highest BCUT2D eigenvalue weighted by atomic mass is 19.4. The molecule has 0 amide bonds. The van der Waals surface area contributed by atoms with Crippen molar-refractivity contribution in [2.24, 2.45) is 0 Å². The second-order valence-electron chi connectivity index (χ2n) is 3.50. The molecule has 1 rings (SSSR count). The van der Waals surface area contributed by atoms with E-state index in [0.29, 0.717) is 12.1 Å². The summed E-state index contributed by atoms with van der Waals surface area (Å²) in [7, 11) is 0. The summed E-state index contributed by atoms with van der Waals surface area (Å²) in [6.07, 6.45) is -6.36. The van der Waals surface area contributed by atoms with E-state index in [1.807, 2.05) is 0 Å². The summed E-state index contributed by atoms with van der Waals surface area (Å²) >= 11 is 0. The van der Waals surface area contributed by atoms with Gasteiger partial charge in [-0.3, -0.25) is 0 Å². The molecule has 0 saturated heterocycles. The lowest BCUT2D eigenvalue weighted by molar-refractivity contribution is -0.359. The smallest absolute Gasteiger partial charge is 0.392 e. The van der Waals surface area contributed by atoms with Gasteiger partial charge in [-0.05, 0) is 5.56 Å². The maximum absolute atomic E-state index is 13.1. The first-order valence-corrected chi connectivity index (χ1v) is 4.56. The molecule has 0 heterocycles. The van der Waals surface area contributed by atoms with Crippen LogP contribution < -0.4 is 0 Å². The minimum Gasteiger partial charge on any atom is -0.392 e. The van der Waals surface area contributed by atoms with Gasteiger partial charge in [0.1, 0.15) is 0 Å². The molecule has 18 heavy (non-hydrogen) atoms. The molecule has 1 aromatic carbocycles. The topological polar surface area (TPSA) is 20.2 Å². The van der Waals surface area contributed by atoms with Crippen LogP contribution in [0.5, 0.6) is 0 Å². The van der Waals surface area contributed by atoms with E-state index in [2.05, 4.69) is 0 Å². The fourth-order valence-corrected chi connectivity index (χ4v) is 1.18. The van der Waals surface area contributed by atoms with Crippen molar-refractivity contribution in [3.8, 4) is 0 Å². The molecule has 0 radical (unpaired) electrons. The van der Waals surface area contributed by atoms with Crippen molar-refractivity contribution in [3.63, 3.8) is 0 Å². The lowest BCUT2D eigenvalue weighted by Crippen LogP contribution is -2.50. The van der Waals surface area contributed by atoms with Crippen molar-refractivity contribution >= 4 is 0 Å². The SMILES string of the molecule is OCc1ccc(C(F)(F)C(F)(F)C(F)(F)F)cc1. The summed E-state index contributed by atoms with van der Waals surface area (Å²) in [5, 5.41) is 8.60. The Hall–Kier alpha value is -1.31. The summed E-state index contributed by atoms with van der Waals surface area (Å²) < 4.78 is 87.2. The number of alkyl halides is 7. The maximum Gasteiger partial charge on any atom is 0.460 e. The number of hydrogen-bond acceptors (Lipinski definition) is 1. The molecule has 1 aromatic rings. The molecule has 0 aliphatic rings. The largest absolute Gasteiger partial charge is 0.460 e. The number of aliphatic hydroxyl groups is 1. The van der Waals surface area contributed by atoms with E-state index >= 15 is 0 Å². The molecule has 0 bridgehead atoms. The standard InChI is InChI=1S/C10H7F7O/c11-8(12,9(13,14)10(15,16)17)7-3-1-6(5-18)2-4-7/h1-4,18H,5H2. The molecule has 0 spiro atoms. The van der Waals surface area contributed by atoms with E-state index in [4.69, 9.17) is 5.11 Å². The Morgan fingerprint density at radius 1 is 0.833 bits per heavy atom. The van der Waals surface area contributed by atoms with Crippen LogP contribution in [0.25, 0.3) is 0 Å². The van der Waals surface area contributed by atoms with Crippen LogP contribution in [0, 0.1) is 0 Å². The van der Waals surface area contributed by atoms with E-state index in [0.717, 1.165) is 12.1 Å². The summed E-state index contributed by atoms with van der Waals surface area (Å²) in [5.41, 5.74) is -1.35. The van der Waals surface area contributed by atoms with Crippen LogP contribution in [0.1, 0.15) is 11.1 Å². The van der Waals surface area contributed by atoms with Crippen LogP contribution in [0.2, 0.25) is 0 Å². The summed E-state index contributed by atoms with van der Waals surface area (Å²) in [5.74, 6) is -11.5. The third-order valence-corrected chi connectivity index (χ3v) is 2.25.